The Hall–Kier alpha value is -1.88. The molecule has 0 saturated heterocycles. The molecule has 0 fully saturated rings. The predicted octanol–water partition coefficient (Wildman–Crippen LogP) is 2.87. The van der Waals surface area contributed by atoms with Gasteiger partial charge >= 0.3 is 0 Å². The van der Waals surface area contributed by atoms with Gasteiger partial charge in [-0.3, -0.25) is 9.67 Å². The van der Waals surface area contributed by atoms with E-state index < -0.39 is 0 Å². The SMILES string of the molecule is CCNC(c1cccc(C)n1)c1c(OC)cnn1C(C)C. The highest BCUT2D eigenvalue weighted by molar-refractivity contribution is 5.34. The summed E-state index contributed by atoms with van der Waals surface area (Å²) in [7, 11) is 1.68. The number of nitrogens with zero attached hydrogens (tertiary/aromatic N) is 3. The van der Waals surface area contributed by atoms with Crippen LogP contribution in [0.25, 0.3) is 0 Å². The quantitative estimate of drug-likeness (QED) is 0.888. The molecular formula is C16H24N4O. The van der Waals surface area contributed by atoms with Gasteiger partial charge in [-0.2, -0.15) is 5.10 Å². The summed E-state index contributed by atoms with van der Waals surface area (Å²) >= 11 is 0. The Bertz CT molecular complexity index is 592. The van der Waals surface area contributed by atoms with Crippen molar-refractivity contribution in [3.8, 4) is 5.75 Å². The number of rotatable bonds is 6. The number of nitrogens with one attached hydrogen (secondary N) is 1. The van der Waals surface area contributed by atoms with E-state index in [1.54, 1.807) is 13.3 Å². The van der Waals surface area contributed by atoms with Crippen LogP contribution in [0.3, 0.4) is 0 Å². The van der Waals surface area contributed by atoms with Crippen LogP contribution in [-0.2, 0) is 0 Å². The minimum atomic E-state index is -0.0326. The first-order valence-electron chi connectivity index (χ1n) is 7.36. The summed E-state index contributed by atoms with van der Waals surface area (Å²) in [6, 6.07) is 6.30. The maximum absolute atomic E-state index is 5.50. The molecule has 0 aliphatic rings. The van der Waals surface area contributed by atoms with E-state index in [4.69, 9.17) is 4.74 Å². The molecule has 0 spiro atoms. The number of hydrogen-bond acceptors (Lipinski definition) is 4. The van der Waals surface area contributed by atoms with E-state index in [0.717, 1.165) is 29.4 Å². The summed E-state index contributed by atoms with van der Waals surface area (Å²) in [6.07, 6.45) is 1.77. The molecule has 21 heavy (non-hydrogen) atoms. The van der Waals surface area contributed by atoms with Crippen LogP contribution in [-0.4, -0.2) is 28.4 Å². The molecule has 0 aromatic carbocycles. The van der Waals surface area contributed by atoms with Gasteiger partial charge in [0.15, 0.2) is 5.75 Å². The molecule has 5 heteroatoms. The first kappa shape index (κ1) is 15.5. The van der Waals surface area contributed by atoms with E-state index in [1.807, 2.05) is 29.8 Å². The fourth-order valence-corrected chi connectivity index (χ4v) is 2.47. The van der Waals surface area contributed by atoms with Gasteiger partial charge < -0.3 is 10.1 Å². The van der Waals surface area contributed by atoms with Gasteiger partial charge in [0.1, 0.15) is 5.69 Å². The molecule has 2 aromatic heterocycles. The summed E-state index contributed by atoms with van der Waals surface area (Å²) in [5.74, 6) is 0.790. The highest BCUT2D eigenvalue weighted by Crippen LogP contribution is 2.31. The number of pyridine rings is 1. The highest BCUT2D eigenvalue weighted by atomic mass is 16.5. The Balaban J connectivity index is 2.54. The molecule has 0 aliphatic carbocycles. The Morgan fingerprint density at radius 2 is 2.10 bits per heavy atom. The van der Waals surface area contributed by atoms with E-state index >= 15 is 0 Å². The van der Waals surface area contributed by atoms with Crippen LogP contribution in [0.15, 0.2) is 24.4 Å². The van der Waals surface area contributed by atoms with Crippen molar-refractivity contribution in [3.05, 3.63) is 41.5 Å². The van der Waals surface area contributed by atoms with Crippen molar-refractivity contribution in [1.29, 1.82) is 0 Å². The fraction of sp³-hybridized carbons (Fsp3) is 0.500. The van der Waals surface area contributed by atoms with E-state index in [0.29, 0.717) is 0 Å². The Labute approximate surface area is 126 Å². The third-order valence-electron chi connectivity index (χ3n) is 3.40. The van der Waals surface area contributed by atoms with Crippen LogP contribution in [0.5, 0.6) is 5.75 Å². The summed E-state index contributed by atoms with van der Waals surface area (Å²) in [4.78, 5) is 4.66. The van der Waals surface area contributed by atoms with Crippen LogP contribution in [0.2, 0.25) is 0 Å². The minimum Gasteiger partial charge on any atom is -0.493 e. The number of methoxy groups -OCH3 is 1. The summed E-state index contributed by atoms with van der Waals surface area (Å²) in [5, 5.41) is 7.96. The fourth-order valence-electron chi connectivity index (χ4n) is 2.47. The molecule has 5 nitrogen and oxygen atoms in total. The smallest absolute Gasteiger partial charge is 0.162 e. The predicted molar refractivity (Wildman–Crippen MR) is 83.7 cm³/mol. The Morgan fingerprint density at radius 1 is 1.33 bits per heavy atom. The van der Waals surface area contributed by atoms with Crippen molar-refractivity contribution in [2.45, 2.75) is 39.8 Å². The first-order chi connectivity index (χ1) is 10.1. The molecule has 0 aliphatic heterocycles. The van der Waals surface area contributed by atoms with Crippen molar-refractivity contribution in [3.63, 3.8) is 0 Å². The van der Waals surface area contributed by atoms with Gasteiger partial charge in [0, 0.05) is 11.7 Å². The standard InChI is InChI=1S/C16H24N4O/c1-6-17-15(13-9-7-8-12(4)19-13)16-14(21-5)10-18-20(16)11(2)3/h7-11,15,17H,6H2,1-5H3. The maximum atomic E-state index is 5.50. The van der Waals surface area contributed by atoms with E-state index in [2.05, 4.69) is 36.2 Å². The molecule has 0 radical (unpaired) electrons. The van der Waals surface area contributed by atoms with E-state index in [1.165, 1.54) is 0 Å². The molecule has 2 aromatic rings. The van der Waals surface area contributed by atoms with Gasteiger partial charge in [0.25, 0.3) is 0 Å². The van der Waals surface area contributed by atoms with Crippen molar-refractivity contribution in [1.82, 2.24) is 20.1 Å². The van der Waals surface area contributed by atoms with E-state index in [-0.39, 0.29) is 12.1 Å². The summed E-state index contributed by atoms with van der Waals surface area (Å²) in [6.45, 7) is 9.16. The van der Waals surface area contributed by atoms with Crippen LogP contribution < -0.4 is 10.1 Å². The molecule has 1 unspecified atom stereocenters. The molecule has 2 heterocycles. The zero-order chi connectivity index (χ0) is 15.4. The van der Waals surface area contributed by atoms with Gasteiger partial charge in [-0.25, -0.2) is 0 Å². The minimum absolute atomic E-state index is 0.0326. The summed E-state index contributed by atoms with van der Waals surface area (Å²) < 4.78 is 7.50. The molecule has 2 rings (SSSR count). The second kappa shape index (κ2) is 6.72. The van der Waals surface area contributed by atoms with Gasteiger partial charge in [-0.05, 0) is 39.4 Å². The number of ether oxygens (including phenoxy) is 1. The van der Waals surface area contributed by atoms with Crippen molar-refractivity contribution < 1.29 is 4.74 Å². The van der Waals surface area contributed by atoms with Crippen LogP contribution in [0, 0.1) is 6.92 Å². The number of hydrogen-bond donors (Lipinski definition) is 1. The van der Waals surface area contributed by atoms with Crippen molar-refractivity contribution in [2.24, 2.45) is 0 Å². The lowest BCUT2D eigenvalue weighted by atomic mass is 10.1. The van der Waals surface area contributed by atoms with Gasteiger partial charge in [0.2, 0.25) is 0 Å². The first-order valence-corrected chi connectivity index (χ1v) is 7.36. The normalized spacial score (nSPS) is 12.7. The second-order valence-corrected chi connectivity index (χ2v) is 5.33. The second-order valence-electron chi connectivity index (χ2n) is 5.33. The van der Waals surface area contributed by atoms with Crippen molar-refractivity contribution >= 4 is 0 Å². The lowest BCUT2D eigenvalue weighted by Crippen LogP contribution is -2.27. The molecule has 0 amide bonds. The lowest BCUT2D eigenvalue weighted by molar-refractivity contribution is 0.393. The largest absolute Gasteiger partial charge is 0.493 e. The number of aryl methyl sites for hydroxylation is 1. The lowest BCUT2D eigenvalue weighted by Gasteiger charge is -2.22. The average Bonchev–Trinajstić information content (AvgIpc) is 2.88. The highest BCUT2D eigenvalue weighted by Gasteiger charge is 2.25. The molecule has 0 saturated carbocycles. The zero-order valence-corrected chi connectivity index (χ0v) is 13.4. The Kier molecular flexibility index (Phi) is 4.96. The van der Waals surface area contributed by atoms with Crippen LogP contribution in [0.4, 0.5) is 0 Å². The zero-order valence-electron chi connectivity index (χ0n) is 13.4. The van der Waals surface area contributed by atoms with Crippen molar-refractivity contribution in [2.75, 3.05) is 13.7 Å². The van der Waals surface area contributed by atoms with E-state index in [9.17, 15) is 0 Å². The molecule has 0 bridgehead atoms. The monoisotopic (exact) mass is 288 g/mol. The average molecular weight is 288 g/mol. The third-order valence-corrected chi connectivity index (χ3v) is 3.40. The molecule has 1 N–H and O–H groups in total. The summed E-state index contributed by atoms with van der Waals surface area (Å²) in [5.41, 5.74) is 3.01. The molecule has 1 atom stereocenters. The molecule has 114 valence electrons. The van der Waals surface area contributed by atoms with Crippen LogP contribution >= 0.6 is 0 Å². The molecular weight excluding hydrogens is 264 g/mol. The van der Waals surface area contributed by atoms with Gasteiger partial charge in [-0.1, -0.05) is 13.0 Å². The Morgan fingerprint density at radius 3 is 2.67 bits per heavy atom. The van der Waals surface area contributed by atoms with Gasteiger partial charge in [-0.15, -0.1) is 0 Å². The maximum Gasteiger partial charge on any atom is 0.162 e. The topological polar surface area (TPSA) is 52.0 Å². The van der Waals surface area contributed by atoms with Gasteiger partial charge in [0.05, 0.1) is 25.0 Å². The number of aromatic nitrogens is 3. The third kappa shape index (κ3) is 3.24. The van der Waals surface area contributed by atoms with Crippen LogP contribution in [0.1, 0.15) is 49.9 Å².